The highest BCUT2D eigenvalue weighted by Crippen LogP contribution is 2.46. The molecule has 0 atom stereocenters. The van der Waals surface area contributed by atoms with Crippen LogP contribution < -0.4 is 4.90 Å². The van der Waals surface area contributed by atoms with Gasteiger partial charge in [0.25, 0.3) is 0 Å². The number of allylic oxidation sites excluding steroid dienone is 1. The van der Waals surface area contributed by atoms with E-state index in [1.807, 2.05) is 0 Å². The summed E-state index contributed by atoms with van der Waals surface area (Å²) in [7, 11) is 6.52. The van der Waals surface area contributed by atoms with Gasteiger partial charge in [-0.15, -0.1) is 0 Å². The van der Waals surface area contributed by atoms with Gasteiger partial charge in [-0.2, -0.15) is 4.58 Å². The Hall–Kier alpha value is -2.35. The maximum Gasteiger partial charge on any atom is 0.213 e. The average molecular weight is 418 g/mol. The second-order valence-electron chi connectivity index (χ2n) is 10.3. The first-order chi connectivity index (χ1) is 14.2. The average Bonchev–Trinajstić information content (AvgIpc) is 2.88. The third kappa shape index (κ3) is 3.26. The number of hydrogen-bond acceptors (Lipinski definition) is 1. The summed E-state index contributed by atoms with van der Waals surface area (Å²) >= 11 is 0. The van der Waals surface area contributed by atoms with Crippen LogP contribution in [0, 0.1) is 55.4 Å². The van der Waals surface area contributed by atoms with Crippen LogP contribution in [0.2, 0.25) is 0 Å². The van der Waals surface area contributed by atoms with Gasteiger partial charge in [-0.3, -0.25) is 0 Å². The predicted molar refractivity (Wildman–Crippen MR) is 138 cm³/mol. The summed E-state index contributed by atoms with van der Waals surface area (Å²) in [6.07, 6.45) is 4.72. The molecule has 0 aromatic heterocycles. The SMILES string of the molecule is Cc1c(C)c(C)c2c(c1C)[N+](C)=C(C=Cc1c(C)c(C)c(N(C)C)c(C)c1C)C2(C)C. The fourth-order valence-corrected chi connectivity index (χ4v) is 5.87. The first-order valence-corrected chi connectivity index (χ1v) is 11.4. The zero-order chi connectivity index (χ0) is 23.6. The third-order valence-corrected chi connectivity index (χ3v) is 8.12. The summed E-state index contributed by atoms with van der Waals surface area (Å²) in [6, 6.07) is 0. The second-order valence-corrected chi connectivity index (χ2v) is 10.3. The van der Waals surface area contributed by atoms with Gasteiger partial charge in [0.15, 0.2) is 5.71 Å². The van der Waals surface area contributed by atoms with Crippen LogP contribution >= 0.6 is 0 Å². The zero-order valence-electron chi connectivity index (χ0n) is 22.0. The molecule has 1 heterocycles. The number of hydrogen-bond donors (Lipinski definition) is 0. The lowest BCUT2D eigenvalue weighted by atomic mass is 9.76. The number of anilines is 1. The van der Waals surface area contributed by atoms with Crippen molar-refractivity contribution in [1.82, 2.24) is 0 Å². The Morgan fingerprint density at radius 3 is 1.61 bits per heavy atom. The van der Waals surface area contributed by atoms with Crippen LogP contribution in [0.4, 0.5) is 11.4 Å². The van der Waals surface area contributed by atoms with Gasteiger partial charge in [-0.25, -0.2) is 0 Å². The van der Waals surface area contributed by atoms with Gasteiger partial charge in [0.05, 0.1) is 5.41 Å². The quantitative estimate of drug-likeness (QED) is 0.490. The standard InChI is InChI=1S/C29H41N2/c1-16-17(2)21(6)28-26(20(16)5)29(9,10)25(31(28)13)15-14-24-18(3)22(7)27(30(11)12)23(8)19(24)4/h14-15H,1-13H3/q+1. The molecule has 0 spiro atoms. The van der Waals surface area contributed by atoms with Crippen LogP contribution in [-0.4, -0.2) is 31.4 Å². The van der Waals surface area contributed by atoms with Crippen LogP contribution in [0.25, 0.3) is 6.08 Å². The largest absolute Gasteiger partial charge is 0.377 e. The van der Waals surface area contributed by atoms with Crippen molar-refractivity contribution in [2.24, 2.45) is 0 Å². The van der Waals surface area contributed by atoms with E-state index in [0.29, 0.717) is 0 Å². The van der Waals surface area contributed by atoms with E-state index in [9.17, 15) is 0 Å². The van der Waals surface area contributed by atoms with Crippen LogP contribution in [0.3, 0.4) is 0 Å². The molecule has 0 unspecified atom stereocenters. The van der Waals surface area contributed by atoms with Crippen LogP contribution in [-0.2, 0) is 5.41 Å². The Morgan fingerprint density at radius 1 is 0.645 bits per heavy atom. The Bertz CT molecular complexity index is 1130. The fourth-order valence-electron chi connectivity index (χ4n) is 5.87. The minimum absolute atomic E-state index is 0.0244. The molecule has 2 aromatic carbocycles. The molecular weight excluding hydrogens is 376 g/mol. The maximum atomic E-state index is 2.43. The van der Waals surface area contributed by atoms with Gasteiger partial charge >= 0.3 is 0 Å². The molecule has 0 radical (unpaired) electrons. The van der Waals surface area contributed by atoms with Crippen molar-refractivity contribution in [1.29, 1.82) is 0 Å². The lowest BCUT2D eigenvalue weighted by Gasteiger charge is -2.24. The summed E-state index contributed by atoms with van der Waals surface area (Å²) in [6.45, 7) is 22.9. The molecular formula is C29H41N2+. The van der Waals surface area contributed by atoms with Gasteiger partial charge in [0, 0.05) is 37.0 Å². The van der Waals surface area contributed by atoms with E-state index in [2.05, 4.69) is 112 Å². The molecule has 31 heavy (non-hydrogen) atoms. The monoisotopic (exact) mass is 417 g/mol. The number of benzene rings is 2. The van der Waals surface area contributed by atoms with Gasteiger partial charge in [-0.1, -0.05) is 0 Å². The lowest BCUT2D eigenvalue weighted by molar-refractivity contribution is -0.402. The topological polar surface area (TPSA) is 6.25 Å². The molecule has 2 nitrogen and oxygen atoms in total. The van der Waals surface area contributed by atoms with Crippen molar-refractivity contribution >= 4 is 23.2 Å². The summed E-state index contributed by atoms with van der Waals surface area (Å²) in [5, 5.41) is 0. The first-order valence-electron chi connectivity index (χ1n) is 11.4. The molecule has 3 rings (SSSR count). The van der Waals surface area contributed by atoms with Crippen molar-refractivity contribution in [2.45, 2.75) is 74.7 Å². The number of fused-ring (bicyclic) bond motifs is 1. The van der Waals surface area contributed by atoms with Crippen LogP contribution in [0.15, 0.2) is 6.08 Å². The molecule has 0 fully saturated rings. The molecule has 0 bridgehead atoms. The normalized spacial score (nSPS) is 15.3. The van der Waals surface area contributed by atoms with Crippen LogP contribution in [0.5, 0.6) is 0 Å². The number of nitrogens with zero attached hydrogens (tertiary/aromatic N) is 2. The van der Waals surface area contributed by atoms with Crippen molar-refractivity contribution in [3.63, 3.8) is 0 Å². The van der Waals surface area contributed by atoms with E-state index in [0.717, 1.165) is 0 Å². The van der Waals surface area contributed by atoms with E-state index < -0.39 is 0 Å². The molecule has 1 aliphatic rings. The molecule has 2 heteroatoms. The van der Waals surface area contributed by atoms with E-state index >= 15 is 0 Å². The summed E-state index contributed by atoms with van der Waals surface area (Å²) in [5.74, 6) is 0. The predicted octanol–water partition coefficient (Wildman–Crippen LogP) is 6.94. The summed E-state index contributed by atoms with van der Waals surface area (Å²) < 4.78 is 2.43. The third-order valence-electron chi connectivity index (χ3n) is 8.12. The molecule has 1 aliphatic heterocycles. The molecule has 0 saturated carbocycles. The zero-order valence-corrected chi connectivity index (χ0v) is 22.0. The lowest BCUT2D eigenvalue weighted by Crippen LogP contribution is -2.27. The van der Waals surface area contributed by atoms with Crippen molar-refractivity contribution in [3.8, 4) is 0 Å². The molecule has 2 aromatic rings. The highest BCUT2D eigenvalue weighted by molar-refractivity contribution is 6.06. The van der Waals surface area contributed by atoms with Gasteiger partial charge in [0.2, 0.25) is 5.69 Å². The van der Waals surface area contributed by atoms with Crippen molar-refractivity contribution in [3.05, 3.63) is 61.7 Å². The highest BCUT2D eigenvalue weighted by Gasteiger charge is 2.45. The van der Waals surface area contributed by atoms with Crippen LogP contribution in [0.1, 0.15) is 69.5 Å². The Morgan fingerprint density at radius 2 is 1.13 bits per heavy atom. The molecule has 0 saturated heterocycles. The van der Waals surface area contributed by atoms with E-state index in [1.165, 1.54) is 72.7 Å². The summed E-state index contributed by atoms with van der Waals surface area (Å²) in [5.41, 5.74) is 18.1. The Kier molecular flexibility index (Phi) is 5.76. The van der Waals surface area contributed by atoms with E-state index in [-0.39, 0.29) is 5.41 Å². The molecule has 0 amide bonds. The second kappa shape index (κ2) is 7.65. The maximum absolute atomic E-state index is 2.43. The molecule has 166 valence electrons. The van der Waals surface area contributed by atoms with Crippen molar-refractivity contribution < 1.29 is 4.58 Å². The summed E-state index contributed by atoms with van der Waals surface area (Å²) in [4.78, 5) is 2.24. The fraction of sp³-hybridized carbons (Fsp3) is 0.483. The minimum Gasteiger partial charge on any atom is -0.377 e. The van der Waals surface area contributed by atoms with E-state index in [1.54, 1.807) is 0 Å². The van der Waals surface area contributed by atoms with Gasteiger partial charge in [-0.05, 0) is 120 Å². The Labute approximate surface area is 190 Å². The molecule has 0 N–H and O–H groups in total. The minimum atomic E-state index is -0.0244. The van der Waals surface area contributed by atoms with Gasteiger partial charge in [0.1, 0.15) is 7.05 Å². The highest BCUT2D eigenvalue weighted by atomic mass is 15.1. The van der Waals surface area contributed by atoms with Gasteiger partial charge < -0.3 is 4.90 Å². The van der Waals surface area contributed by atoms with E-state index in [4.69, 9.17) is 0 Å². The van der Waals surface area contributed by atoms with Crippen molar-refractivity contribution in [2.75, 3.05) is 26.0 Å². The molecule has 0 aliphatic carbocycles. The smallest absolute Gasteiger partial charge is 0.213 e. The Balaban J connectivity index is 2.22. The first kappa shape index (κ1) is 23.3. The number of rotatable bonds is 3.